The molecule has 2 heteroatoms. The average Bonchev–Trinajstić information content (AvgIpc) is 2.13. The second-order valence-corrected chi connectivity index (χ2v) is 4.12. The number of nitrogens with one attached hydrogen (secondary N) is 1. The normalized spacial score (nSPS) is 19.5. The lowest BCUT2D eigenvalue weighted by Gasteiger charge is -2.39. The summed E-state index contributed by atoms with van der Waals surface area (Å²) < 4.78 is 0. The van der Waals surface area contributed by atoms with Gasteiger partial charge in [0.05, 0.1) is 0 Å². The molecule has 1 heterocycles. The summed E-state index contributed by atoms with van der Waals surface area (Å²) in [5, 5.41) is 3.58. The van der Waals surface area contributed by atoms with E-state index in [2.05, 4.69) is 29.4 Å². The van der Waals surface area contributed by atoms with Gasteiger partial charge in [-0.2, -0.15) is 0 Å². The van der Waals surface area contributed by atoms with E-state index in [-0.39, 0.29) is 0 Å². The Morgan fingerprint density at radius 1 is 1.38 bits per heavy atom. The van der Waals surface area contributed by atoms with Gasteiger partial charge in [0.1, 0.15) is 0 Å². The number of pyridine rings is 1. The van der Waals surface area contributed by atoms with E-state index in [1.807, 2.05) is 12.4 Å². The molecular weight excluding hydrogens is 160 g/mol. The predicted molar refractivity (Wildman–Crippen MR) is 53.3 cm³/mol. The van der Waals surface area contributed by atoms with Gasteiger partial charge in [-0.3, -0.25) is 4.98 Å². The molecule has 0 spiro atoms. The Hall–Kier alpha value is -0.890. The van der Waals surface area contributed by atoms with Crippen LogP contribution in [0.2, 0.25) is 0 Å². The summed E-state index contributed by atoms with van der Waals surface area (Å²) in [5.74, 6) is 0. The van der Waals surface area contributed by atoms with Crippen LogP contribution in [0, 0.1) is 0 Å². The van der Waals surface area contributed by atoms with Crippen LogP contribution in [0.15, 0.2) is 24.5 Å². The van der Waals surface area contributed by atoms with Crippen molar-refractivity contribution in [2.24, 2.45) is 0 Å². The molecule has 0 unspecified atom stereocenters. The van der Waals surface area contributed by atoms with E-state index >= 15 is 0 Å². The highest BCUT2D eigenvalue weighted by Crippen LogP contribution is 2.31. The SMILES string of the molecule is CC1(NCc2ccncc2)CCC1. The van der Waals surface area contributed by atoms with Crippen molar-refractivity contribution in [2.45, 2.75) is 38.3 Å². The first-order chi connectivity index (χ1) is 6.29. The van der Waals surface area contributed by atoms with Crippen molar-refractivity contribution >= 4 is 0 Å². The first kappa shape index (κ1) is 8.70. The van der Waals surface area contributed by atoms with Crippen LogP contribution in [-0.2, 0) is 6.54 Å². The third-order valence-electron chi connectivity index (χ3n) is 2.93. The van der Waals surface area contributed by atoms with Crippen LogP contribution >= 0.6 is 0 Å². The molecule has 1 aliphatic rings. The van der Waals surface area contributed by atoms with Gasteiger partial charge in [-0.25, -0.2) is 0 Å². The monoisotopic (exact) mass is 176 g/mol. The fourth-order valence-electron chi connectivity index (χ4n) is 1.70. The zero-order valence-corrected chi connectivity index (χ0v) is 8.09. The van der Waals surface area contributed by atoms with Crippen LogP contribution in [0.4, 0.5) is 0 Å². The summed E-state index contributed by atoms with van der Waals surface area (Å²) >= 11 is 0. The third-order valence-corrected chi connectivity index (χ3v) is 2.93. The van der Waals surface area contributed by atoms with Gasteiger partial charge in [-0.05, 0) is 43.9 Å². The number of hydrogen-bond acceptors (Lipinski definition) is 2. The number of hydrogen-bond donors (Lipinski definition) is 1. The van der Waals surface area contributed by atoms with E-state index in [0.717, 1.165) is 6.54 Å². The Labute approximate surface area is 79.4 Å². The largest absolute Gasteiger partial charge is 0.307 e. The zero-order chi connectivity index (χ0) is 9.15. The smallest absolute Gasteiger partial charge is 0.0271 e. The number of rotatable bonds is 3. The molecule has 0 aliphatic heterocycles. The molecule has 1 aliphatic carbocycles. The van der Waals surface area contributed by atoms with Crippen LogP contribution in [0.1, 0.15) is 31.7 Å². The van der Waals surface area contributed by atoms with Gasteiger partial charge in [0.2, 0.25) is 0 Å². The van der Waals surface area contributed by atoms with Gasteiger partial charge >= 0.3 is 0 Å². The van der Waals surface area contributed by atoms with Crippen LogP contribution in [0.5, 0.6) is 0 Å². The van der Waals surface area contributed by atoms with Crippen molar-refractivity contribution < 1.29 is 0 Å². The second-order valence-electron chi connectivity index (χ2n) is 4.12. The third kappa shape index (κ3) is 2.07. The lowest BCUT2D eigenvalue weighted by molar-refractivity contribution is 0.207. The van der Waals surface area contributed by atoms with Gasteiger partial charge in [-0.1, -0.05) is 0 Å². The zero-order valence-electron chi connectivity index (χ0n) is 8.09. The summed E-state index contributed by atoms with van der Waals surface area (Å²) in [5.41, 5.74) is 1.73. The van der Waals surface area contributed by atoms with E-state index in [1.54, 1.807) is 0 Å². The molecule has 1 aromatic rings. The molecule has 70 valence electrons. The molecule has 0 amide bonds. The topological polar surface area (TPSA) is 24.9 Å². The average molecular weight is 176 g/mol. The number of nitrogens with zero attached hydrogens (tertiary/aromatic N) is 1. The highest BCUT2D eigenvalue weighted by atomic mass is 15.0. The summed E-state index contributed by atoms with van der Waals surface area (Å²) in [6, 6.07) is 4.13. The minimum absolute atomic E-state index is 0.406. The van der Waals surface area contributed by atoms with Gasteiger partial charge in [0.15, 0.2) is 0 Å². The van der Waals surface area contributed by atoms with Crippen molar-refractivity contribution in [1.82, 2.24) is 10.3 Å². The van der Waals surface area contributed by atoms with Crippen molar-refractivity contribution in [3.8, 4) is 0 Å². The van der Waals surface area contributed by atoms with Crippen LogP contribution in [0.25, 0.3) is 0 Å². The predicted octanol–water partition coefficient (Wildman–Crippen LogP) is 2.11. The van der Waals surface area contributed by atoms with Crippen molar-refractivity contribution in [3.05, 3.63) is 30.1 Å². The van der Waals surface area contributed by atoms with E-state index in [0.29, 0.717) is 5.54 Å². The van der Waals surface area contributed by atoms with E-state index in [9.17, 15) is 0 Å². The Morgan fingerprint density at radius 3 is 2.62 bits per heavy atom. The van der Waals surface area contributed by atoms with Gasteiger partial charge in [-0.15, -0.1) is 0 Å². The van der Waals surface area contributed by atoms with Crippen LogP contribution in [0.3, 0.4) is 0 Å². The van der Waals surface area contributed by atoms with Crippen LogP contribution in [-0.4, -0.2) is 10.5 Å². The molecule has 1 saturated carbocycles. The quantitative estimate of drug-likeness (QED) is 0.763. The molecule has 1 aromatic heterocycles. The maximum absolute atomic E-state index is 4.00. The first-order valence-electron chi connectivity index (χ1n) is 4.92. The Bertz CT molecular complexity index is 265. The lowest BCUT2D eigenvalue weighted by atomic mass is 9.78. The summed E-state index contributed by atoms with van der Waals surface area (Å²) in [6.07, 6.45) is 7.70. The van der Waals surface area contributed by atoms with Gasteiger partial charge < -0.3 is 5.32 Å². The van der Waals surface area contributed by atoms with Crippen molar-refractivity contribution in [1.29, 1.82) is 0 Å². The van der Waals surface area contributed by atoms with Crippen molar-refractivity contribution in [3.63, 3.8) is 0 Å². The Balaban J connectivity index is 1.86. The van der Waals surface area contributed by atoms with Gasteiger partial charge in [0, 0.05) is 24.5 Å². The fourth-order valence-corrected chi connectivity index (χ4v) is 1.70. The summed E-state index contributed by atoms with van der Waals surface area (Å²) in [7, 11) is 0. The van der Waals surface area contributed by atoms with Crippen LogP contribution < -0.4 is 5.32 Å². The first-order valence-corrected chi connectivity index (χ1v) is 4.92. The molecule has 2 nitrogen and oxygen atoms in total. The van der Waals surface area contributed by atoms with Crippen molar-refractivity contribution in [2.75, 3.05) is 0 Å². The molecule has 1 fully saturated rings. The lowest BCUT2D eigenvalue weighted by Crippen LogP contribution is -2.47. The van der Waals surface area contributed by atoms with E-state index in [4.69, 9.17) is 0 Å². The second kappa shape index (κ2) is 3.46. The van der Waals surface area contributed by atoms with E-state index < -0.39 is 0 Å². The molecule has 0 bridgehead atoms. The summed E-state index contributed by atoms with van der Waals surface area (Å²) in [6.45, 7) is 3.27. The highest BCUT2D eigenvalue weighted by Gasteiger charge is 2.30. The molecule has 2 rings (SSSR count). The molecule has 0 aromatic carbocycles. The molecule has 0 saturated heterocycles. The molecular formula is C11H16N2. The summed E-state index contributed by atoms with van der Waals surface area (Å²) in [4.78, 5) is 4.00. The highest BCUT2D eigenvalue weighted by molar-refractivity contribution is 5.10. The Morgan fingerprint density at radius 2 is 2.08 bits per heavy atom. The minimum Gasteiger partial charge on any atom is -0.307 e. The molecule has 13 heavy (non-hydrogen) atoms. The minimum atomic E-state index is 0.406. The molecule has 0 radical (unpaired) electrons. The molecule has 1 N–H and O–H groups in total. The maximum Gasteiger partial charge on any atom is 0.0271 e. The number of aromatic nitrogens is 1. The van der Waals surface area contributed by atoms with E-state index in [1.165, 1.54) is 24.8 Å². The Kier molecular flexibility index (Phi) is 2.32. The standard InChI is InChI=1S/C11H16N2/c1-11(5-2-6-11)13-9-10-3-7-12-8-4-10/h3-4,7-8,13H,2,5-6,9H2,1H3. The molecule has 0 atom stereocenters. The maximum atomic E-state index is 4.00. The fraction of sp³-hybridized carbons (Fsp3) is 0.545. The van der Waals surface area contributed by atoms with Gasteiger partial charge in [0.25, 0.3) is 0 Å².